The lowest BCUT2D eigenvalue weighted by Gasteiger charge is -2.20. The molecule has 0 radical (unpaired) electrons. The summed E-state index contributed by atoms with van der Waals surface area (Å²) in [6.45, 7) is 2.60. The van der Waals surface area contributed by atoms with Gasteiger partial charge in [-0.05, 0) is 38.0 Å². The molecule has 0 spiro atoms. The molecule has 0 aromatic heterocycles. The number of hydrogen-bond acceptors (Lipinski definition) is 4. The fourth-order valence-corrected chi connectivity index (χ4v) is 3.11. The number of ether oxygens (including phenoxy) is 1. The van der Waals surface area contributed by atoms with E-state index in [1.165, 1.54) is 12.1 Å². The fourth-order valence-electron chi connectivity index (χ4n) is 2.32. The largest absolute Gasteiger partial charge is 0.376 e. The number of amides is 1. The quantitative estimate of drug-likeness (QED) is 0.854. The molecule has 1 heterocycles. The van der Waals surface area contributed by atoms with Gasteiger partial charge in [-0.2, -0.15) is 0 Å². The first kappa shape index (κ1) is 17.1. The van der Waals surface area contributed by atoms with Crippen molar-refractivity contribution in [2.75, 3.05) is 17.6 Å². The van der Waals surface area contributed by atoms with Gasteiger partial charge < -0.3 is 10.1 Å². The van der Waals surface area contributed by atoms with E-state index in [9.17, 15) is 13.2 Å². The van der Waals surface area contributed by atoms with Crippen molar-refractivity contribution < 1.29 is 17.9 Å². The lowest BCUT2D eigenvalue weighted by molar-refractivity contribution is 0.0712. The number of anilines is 1. The van der Waals surface area contributed by atoms with Crippen LogP contribution in [0.4, 0.5) is 5.69 Å². The fraction of sp³-hybridized carbons (Fsp3) is 0.500. The molecule has 0 saturated carbocycles. The van der Waals surface area contributed by atoms with Crippen LogP contribution >= 0.6 is 11.6 Å². The first-order chi connectivity index (χ1) is 10.3. The summed E-state index contributed by atoms with van der Waals surface area (Å²) in [5.41, 5.74) is 0.516. The van der Waals surface area contributed by atoms with Gasteiger partial charge in [-0.3, -0.25) is 9.52 Å². The highest BCUT2D eigenvalue weighted by molar-refractivity contribution is 7.92. The van der Waals surface area contributed by atoms with E-state index in [0.717, 1.165) is 19.1 Å². The number of halogens is 1. The highest BCUT2D eigenvalue weighted by Gasteiger charge is 2.24. The monoisotopic (exact) mass is 346 g/mol. The van der Waals surface area contributed by atoms with Crippen LogP contribution in [0.2, 0.25) is 5.02 Å². The van der Waals surface area contributed by atoms with Crippen molar-refractivity contribution in [3.05, 3.63) is 28.8 Å². The maximum absolute atomic E-state index is 12.3. The van der Waals surface area contributed by atoms with Gasteiger partial charge in [-0.15, -0.1) is 0 Å². The highest BCUT2D eigenvalue weighted by atomic mass is 35.5. The number of benzene rings is 1. The maximum Gasteiger partial charge on any atom is 0.251 e. The maximum atomic E-state index is 12.3. The van der Waals surface area contributed by atoms with Crippen molar-refractivity contribution in [3.8, 4) is 0 Å². The van der Waals surface area contributed by atoms with E-state index in [1.807, 2.05) is 6.92 Å². The molecule has 6 nitrogen and oxygen atoms in total. The van der Waals surface area contributed by atoms with Crippen LogP contribution in [0.1, 0.15) is 30.1 Å². The van der Waals surface area contributed by atoms with Crippen LogP contribution in [-0.2, 0) is 14.8 Å². The van der Waals surface area contributed by atoms with Crippen molar-refractivity contribution in [3.63, 3.8) is 0 Å². The lowest BCUT2D eigenvalue weighted by atomic mass is 10.1. The van der Waals surface area contributed by atoms with Crippen LogP contribution in [0.5, 0.6) is 0 Å². The third-order valence-electron chi connectivity index (χ3n) is 3.41. The molecule has 1 aromatic carbocycles. The Labute approximate surface area is 135 Å². The minimum atomic E-state index is -3.46. The zero-order valence-corrected chi connectivity index (χ0v) is 14.0. The number of nitrogens with one attached hydrogen (secondary N) is 2. The van der Waals surface area contributed by atoms with Crippen molar-refractivity contribution in [1.29, 1.82) is 0 Å². The minimum absolute atomic E-state index is 0.0184. The molecule has 1 saturated heterocycles. The molecule has 1 aliphatic heterocycles. The van der Waals surface area contributed by atoms with Gasteiger partial charge in [0.2, 0.25) is 10.0 Å². The van der Waals surface area contributed by atoms with Crippen LogP contribution in [0, 0.1) is 0 Å². The zero-order chi connectivity index (χ0) is 16.3. The molecule has 2 rings (SSSR count). The second-order valence-electron chi connectivity index (χ2n) is 5.38. The molecule has 8 heteroatoms. The van der Waals surface area contributed by atoms with Gasteiger partial charge in [0.05, 0.1) is 29.1 Å². The molecule has 0 unspecified atom stereocenters. The SMILES string of the molecule is C[C@@H](NC(=O)c1ccc(Cl)c(NS(C)(=O)=O)c1)[C@H]1CCCO1. The van der Waals surface area contributed by atoms with Crippen LogP contribution in [-0.4, -0.2) is 39.3 Å². The molecule has 0 bridgehead atoms. The first-order valence-electron chi connectivity index (χ1n) is 6.96. The second-order valence-corrected chi connectivity index (χ2v) is 7.54. The molecule has 2 atom stereocenters. The van der Waals surface area contributed by atoms with E-state index in [0.29, 0.717) is 12.2 Å². The number of hydrogen-bond donors (Lipinski definition) is 2. The Morgan fingerprint density at radius 2 is 2.18 bits per heavy atom. The van der Waals surface area contributed by atoms with E-state index in [1.54, 1.807) is 6.07 Å². The van der Waals surface area contributed by atoms with Crippen LogP contribution < -0.4 is 10.0 Å². The second kappa shape index (κ2) is 6.85. The van der Waals surface area contributed by atoms with Gasteiger partial charge in [-0.25, -0.2) is 8.42 Å². The van der Waals surface area contributed by atoms with Gasteiger partial charge in [0.15, 0.2) is 0 Å². The van der Waals surface area contributed by atoms with Crippen molar-refractivity contribution in [2.24, 2.45) is 0 Å². The summed E-state index contributed by atoms with van der Waals surface area (Å²) in [7, 11) is -3.46. The summed E-state index contributed by atoms with van der Waals surface area (Å²) in [6.07, 6.45) is 2.96. The van der Waals surface area contributed by atoms with Gasteiger partial charge in [0.25, 0.3) is 5.91 Å². The van der Waals surface area contributed by atoms with Crippen LogP contribution in [0.15, 0.2) is 18.2 Å². The predicted octanol–water partition coefficient (Wildman–Crippen LogP) is 2.01. The molecule has 0 aliphatic carbocycles. The molecule has 22 heavy (non-hydrogen) atoms. The Bertz CT molecular complexity index is 657. The average Bonchev–Trinajstić information content (AvgIpc) is 2.93. The number of carbonyl (C=O) groups is 1. The Balaban J connectivity index is 2.10. The molecular formula is C14H19ClN2O4S. The Kier molecular flexibility index (Phi) is 5.31. The summed E-state index contributed by atoms with van der Waals surface area (Å²) in [5, 5.41) is 3.09. The van der Waals surface area contributed by atoms with E-state index < -0.39 is 10.0 Å². The van der Waals surface area contributed by atoms with Gasteiger partial charge in [0.1, 0.15) is 0 Å². The normalized spacial score (nSPS) is 19.7. The smallest absolute Gasteiger partial charge is 0.251 e. The summed E-state index contributed by atoms with van der Waals surface area (Å²) >= 11 is 5.94. The van der Waals surface area contributed by atoms with Gasteiger partial charge in [-0.1, -0.05) is 11.6 Å². The Morgan fingerprint density at radius 3 is 2.77 bits per heavy atom. The lowest BCUT2D eigenvalue weighted by Crippen LogP contribution is -2.40. The minimum Gasteiger partial charge on any atom is -0.376 e. The van der Waals surface area contributed by atoms with E-state index in [-0.39, 0.29) is 28.8 Å². The topological polar surface area (TPSA) is 84.5 Å². The third-order valence-corrected chi connectivity index (χ3v) is 4.33. The zero-order valence-electron chi connectivity index (χ0n) is 12.4. The van der Waals surface area contributed by atoms with E-state index in [4.69, 9.17) is 16.3 Å². The Morgan fingerprint density at radius 1 is 1.45 bits per heavy atom. The van der Waals surface area contributed by atoms with Crippen molar-refractivity contribution in [2.45, 2.75) is 31.9 Å². The molecule has 1 amide bonds. The predicted molar refractivity (Wildman–Crippen MR) is 85.8 cm³/mol. The first-order valence-corrected chi connectivity index (χ1v) is 9.23. The van der Waals surface area contributed by atoms with Crippen molar-refractivity contribution in [1.82, 2.24) is 5.32 Å². The molecule has 1 aliphatic rings. The molecule has 1 aromatic rings. The number of rotatable bonds is 5. The summed E-state index contributed by atoms with van der Waals surface area (Å²) in [4.78, 5) is 12.3. The third kappa shape index (κ3) is 4.59. The number of sulfonamides is 1. The Hall–Kier alpha value is -1.31. The average molecular weight is 347 g/mol. The van der Waals surface area contributed by atoms with Crippen molar-refractivity contribution >= 4 is 33.2 Å². The highest BCUT2D eigenvalue weighted by Crippen LogP contribution is 2.24. The van der Waals surface area contributed by atoms with E-state index in [2.05, 4.69) is 10.0 Å². The summed E-state index contributed by atoms with van der Waals surface area (Å²) in [6, 6.07) is 4.34. The standard InChI is InChI=1S/C14H19ClN2O4S/c1-9(13-4-3-7-21-13)16-14(18)10-5-6-11(15)12(8-10)17-22(2,19)20/h5-6,8-9,13,17H,3-4,7H2,1-2H3,(H,16,18)/t9-,13-/m1/s1. The molecule has 2 N–H and O–H groups in total. The molecular weight excluding hydrogens is 328 g/mol. The van der Waals surface area contributed by atoms with Crippen LogP contribution in [0.3, 0.4) is 0 Å². The van der Waals surface area contributed by atoms with Crippen LogP contribution in [0.25, 0.3) is 0 Å². The summed E-state index contributed by atoms with van der Waals surface area (Å²) < 4.78 is 30.4. The molecule has 1 fully saturated rings. The van der Waals surface area contributed by atoms with Gasteiger partial charge >= 0.3 is 0 Å². The molecule has 122 valence electrons. The number of carbonyl (C=O) groups excluding carboxylic acids is 1. The van der Waals surface area contributed by atoms with E-state index >= 15 is 0 Å². The summed E-state index contributed by atoms with van der Waals surface area (Å²) in [5.74, 6) is -0.295. The van der Waals surface area contributed by atoms with Gasteiger partial charge in [0, 0.05) is 12.2 Å².